The van der Waals surface area contributed by atoms with Crippen LogP contribution in [0, 0.1) is 6.92 Å². The standard InChI is InChI=1S/C18H19Cl2NO2/c1-10(2)12-9-13(11(3)8-16(12)23-4)18(22)21-15-7-5-6-14(19)17(15)20/h5-10H,1-4H3,(H,21,22). The fourth-order valence-corrected chi connectivity index (χ4v) is 2.71. The van der Waals surface area contributed by atoms with Crippen molar-refractivity contribution in [3.63, 3.8) is 0 Å². The number of benzene rings is 2. The van der Waals surface area contributed by atoms with Crippen LogP contribution in [0.1, 0.15) is 41.3 Å². The third kappa shape index (κ3) is 3.80. The minimum absolute atomic E-state index is 0.226. The molecule has 0 atom stereocenters. The first-order valence-electron chi connectivity index (χ1n) is 7.29. The first-order valence-corrected chi connectivity index (χ1v) is 8.04. The number of amides is 1. The maximum Gasteiger partial charge on any atom is 0.255 e. The van der Waals surface area contributed by atoms with Crippen LogP contribution in [0.5, 0.6) is 5.75 Å². The molecule has 0 unspecified atom stereocenters. The minimum atomic E-state index is -0.226. The molecule has 0 saturated heterocycles. The topological polar surface area (TPSA) is 38.3 Å². The van der Waals surface area contributed by atoms with Crippen molar-refractivity contribution >= 4 is 34.8 Å². The quantitative estimate of drug-likeness (QED) is 0.768. The number of methoxy groups -OCH3 is 1. The molecule has 0 saturated carbocycles. The van der Waals surface area contributed by atoms with E-state index in [0.717, 1.165) is 16.9 Å². The van der Waals surface area contributed by atoms with E-state index < -0.39 is 0 Å². The molecule has 5 heteroatoms. The minimum Gasteiger partial charge on any atom is -0.496 e. The van der Waals surface area contributed by atoms with Gasteiger partial charge in [0, 0.05) is 5.56 Å². The molecule has 2 rings (SSSR count). The molecule has 3 nitrogen and oxygen atoms in total. The van der Waals surface area contributed by atoms with Gasteiger partial charge in [0.25, 0.3) is 5.91 Å². The monoisotopic (exact) mass is 351 g/mol. The van der Waals surface area contributed by atoms with Crippen LogP contribution in [-0.4, -0.2) is 13.0 Å². The van der Waals surface area contributed by atoms with Gasteiger partial charge >= 0.3 is 0 Å². The largest absolute Gasteiger partial charge is 0.496 e. The SMILES string of the molecule is COc1cc(C)c(C(=O)Nc2cccc(Cl)c2Cl)cc1C(C)C. The van der Waals surface area contributed by atoms with Gasteiger partial charge < -0.3 is 10.1 Å². The van der Waals surface area contributed by atoms with Crippen LogP contribution in [0.25, 0.3) is 0 Å². The molecule has 0 aromatic heterocycles. The number of carbonyl (C=O) groups excluding carboxylic acids is 1. The summed E-state index contributed by atoms with van der Waals surface area (Å²) >= 11 is 12.1. The van der Waals surface area contributed by atoms with Crippen LogP contribution < -0.4 is 10.1 Å². The highest BCUT2D eigenvalue weighted by molar-refractivity contribution is 6.44. The van der Waals surface area contributed by atoms with Gasteiger partial charge in [0.15, 0.2) is 0 Å². The van der Waals surface area contributed by atoms with Crippen molar-refractivity contribution in [1.29, 1.82) is 0 Å². The number of ether oxygens (including phenoxy) is 1. The summed E-state index contributed by atoms with van der Waals surface area (Å²) in [6.07, 6.45) is 0. The van der Waals surface area contributed by atoms with Gasteiger partial charge in [0.2, 0.25) is 0 Å². The predicted octanol–water partition coefficient (Wildman–Crippen LogP) is 5.69. The molecule has 0 radical (unpaired) electrons. The average Bonchev–Trinajstić information content (AvgIpc) is 2.50. The summed E-state index contributed by atoms with van der Waals surface area (Å²) in [7, 11) is 1.63. The van der Waals surface area contributed by atoms with Gasteiger partial charge in [-0.05, 0) is 48.2 Å². The summed E-state index contributed by atoms with van der Waals surface area (Å²) in [4.78, 5) is 12.6. The Morgan fingerprint density at radius 3 is 2.52 bits per heavy atom. The van der Waals surface area contributed by atoms with Crippen LogP contribution in [0.3, 0.4) is 0 Å². The third-order valence-electron chi connectivity index (χ3n) is 3.64. The lowest BCUT2D eigenvalue weighted by molar-refractivity contribution is 0.102. The summed E-state index contributed by atoms with van der Waals surface area (Å²) in [5.41, 5.74) is 2.90. The second-order valence-electron chi connectivity index (χ2n) is 5.62. The summed E-state index contributed by atoms with van der Waals surface area (Å²) in [6.45, 7) is 5.99. The van der Waals surface area contributed by atoms with E-state index in [0.29, 0.717) is 21.3 Å². The van der Waals surface area contributed by atoms with Crippen molar-refractivity contribution in [1.82, 2.24) is 0 Å². The zero-order valence-electron chi connectivity index (χ0n) is 13.5. The summed E-state index contributed by atoms with van der Waals surface area (Å²) in [6, 6.07) is 8.88. The van der Waals surface area contributed by atoms with Crippen molar-refractivity contribution in [2.75, 3.05) is 12.4 Å². The highest BCUT2D eigenvalue weighted by Crippen LogP contribution is 2.32. The van der Waals surface area contributed by atoms with Crippen LogP contribution >= 0.6 is 23.2 Å². The molecule has 2 aromatic carbocycles. The molecule has 23 heavy (non-hydrogen) atoms. The molecular weight excluding hydrogens is 333 g/mol. The molecule has 0 fully saturated rings. The number of hydrogen-bond donors (Lipinski definition) is 1. The third-order valence-corrected chi connectivity index (χ3v) is 4.46. The zero-order valence-corrected chi connectivity index (χ0v) is 15.0. The molecule has 0 aliphatic rings. The van der Waals surface area contributed by atoms with Gasteiger partial charge in [-0.25, -0.2) is 0 Å². The number of nitrogens with one attached hydrogen (secondary N) is 1. The molecular formula is C18H19Cl2NO2. The molecule has 2 aromatic rings. The lowest BCUT2D eigenvalue weighted by Gasteiger charge is -2.16. The van der Waals surface area contributed by atoms with Gasteiger partial charge in [-0.1, -0.05) is 43.1 Å². The van der Waals surface area contributed by atoms with E-state index in [2.05, 4.69) is 19.2 Å². The Balaban J connectivity index is 2.39. The van der Waals surface area contributed by atoms with Gasteiger partial charge in [-0.3, -0.25) is 4.79 Å². The number of hydrogen-bond acceptors (Lipinski definition) is 2. The Hall–Kier alpha value is -1.71. The highest BCUT2D eigenvalue weighted by Gasteiger charge is 2.17. The Morgan fingerprint density at radius 1 is 1.22 bits per heavy atom. The van der Waals surface area contributed by atoms with Gasteiger partial charge in [-0.15, -0.1) is 0 Å². The van der Waals surface area contributed by atoms with E-state index in [1.165, 1.54) is 0 Å². The molecule has 0 heterocycles. The van der Waals surface area contributed by atoms with E-state index in [1.54, 1.807) is 25.3 Å². The summed E-state index contributed by atoms with van der Waals surface area (Å²) in [5.74, 6) is 0.804. The summed E-state index contributed by atoms with van der Waals surface area (Å²) < 4.78 is 5.41. The maximum absolute atomic E-state index is 12.6. The van der Waals surface area contributed by atoms with Gasteiger partial charge in [0.1, 0.15) is 5.75 Å². The fraction of sp³-hybridized carbons (Fsp3) is 0.278. The van der Waals surface area contributed by atoms with E-state index in [4.69, 9.17) is 27.9 Å². The number of aryl methyl sites for hydroxylation is 1. The van der Waals surface area contributed by atoms with E-state index in [-0.39, 0.29) is 11.8 Å². The Bertz CT molecular complexity index is 742. The Morgan fingerprint density at radius 2 is 1.91 bits per heavy atom. The fourth-order valence-electron chi connectivity index (χ4n) is 2.36. The Kier molecular flexibility index (Phi) is 5.55. The maximum atomic E-state index is 12.6. The van der Waals surface area contributed by atoms with E-state index in [9.17, 15) is 4.79 Å². The number of rotatable bonds is 4. The molecule has 0 bridgehead atoms. The molecule has 1 N–H and O–H groups in total. The highest BCUT2D eigenvalue weighted by atomic mass is 35.5. The van der Waals surface area contributed by atoms with Crippen molar-refractivity contribution < 1.29 is 9.53 Å². The van der Waals surface area contributed by atoms with Crippen molar-refractivity contribution in [3.05, 3.63) is 57.1 Å². The second kappa shape index (κ2) is 7.24. The zero-order chi connectivity index (χ0) is 17.1. The van der Waals surface area contributed by atoms with Crippen LogP contribution in [0.4, 0.5) is 5.69 Å². The lowest BCUT2D eigenvalue weighted by atomic mass is 9.96. The smallest absolute Gasteiger partial charge is 0.255 e. The predicted molar refractivity (Wildman–Crippen MR) is 96.2 cm³/mol. The number of anilines is 1. The van der Waals surface area contributed by atoms with Crippen molar-refractivity contribution in [2.24, 2.45) is 0 Å². The lowest BCUT2D eigenvalue weighted by Crippen LogP contribution is -2.14. The van der Waals surface area contributed by atoms with E-state index >= 15 is 0 Å². The second-order valence-corrected chi connectivity index (χ2v) is 6.40. The van der Waals surface area contributed by atoms with Gasteiger partial charge in [-0.2, -0.15) is 0 Å². The van der Waals surface area contributed by atoms with Crippen LogP contribution in [0.15, 0.2) is 30.3 Å². The molecule has 0 spiro atoms. The molecule has 0 aliphatic carbocycles. The van der Waals surface area contributed by atoms with Crippen molar-refractivity contribution in [2.45, 2.75) is 26.7 Å². The molecule has 0 aliphatic heterocycles. The summed E-state index contributed by atoms with van der Waals surface area (Å²) in [5, 5.41) is 3.55. The van der Waals surface area contributed by atoms with Crippen molar-refractivity contribution in [3.8, 4) is 5.75 Å². The first-order chi connectivity index (χ1) is 10.8. The normalized spacial score (nSPS) is 10.7. The van der Waals surface area contributed by atoms with E-state index in [1.807, 2.05) is 19.1 Å². The molecule has 1 amide bonds. The number of halogens is 2. The first kappa shape index (κ1) is 17.6. The van der Waals surface area contributed by atoms with Gasteiger partial charge in [0.05, 0.1) is 22.8 Å². The van der Waals surface area contributed by atoms with Crippen LogP contribution in [0.2, 0.25) is 10.0 Å². The molecule has 122 valence electrons. The average molecular weight is 352 g/mol. The number of carbonyl (C=O) groups is 1. The Labute approximate surface area is 146 Å². The van der Waals surface area contributed by atoms with Crippen LogP contribution in [-0.2, 0) is 0 Å².